The van der Waals surface area contributed by atoms with Crippen molar-refractivity contribution in [2.45, 2.75) is 30.6 Å². The molecule has 1 atom stereocenters. The zero-order chi connectivity index (χ0) is 17.3. The predicted octanol–water partition coefficient (Wildman–Crippen LogP) is 1.23. The molecule has 0 aromatic heterocycles. The van der Waals surface area contributed by atoms with E-state index in [1.807, 2.05) is 0 Å². The number of rotatable bonds is 6. The van der Waals surface area contributed by atoms with Crippen LogP contribution in [0.25, 0.3) is 0 Å². The highest BCUT2D eigenvalue weighted by molar-refractivity contribution is 6.12. The van der Waals surface area contributed by atoms with Gasteiger partial charge in [0.25, 0.3) is 11.7 Å². The Balaban J connectivity index is 5.54. The van der Waals surface area contributed by atoms with E-state index in [9.17, 15) is 44.7 Å². The number of halogens is 8. The molecule has 124 valence electrons. The zero-order valence-corrected chi connectivity index (χ0v) is 10.2. The number of hydrogen-bond acceptors (Lipinski definition) is 3. The van der Waals surface area contributed by atoms with Gasteiger partial charge in [0, 0.05) is 6.54 Å². The van der Waals surface area contributed by atoms with Gasteiger partial charge in [-0.05, 0) is 6.92 Å². The molecule has 0 saturated carbocycles. The molecule has 2 N–H and O–H groups in total. The van der Waals surface area contributed by atoms with Crippen molar-refractivity contribution in [3.63, 3.8) is 0 Å². The monoisotopic (exact) mass is 331 g/mol. The smallest absolute Gasteiger partial charge is 0.395 e. The summed E-state index contributed by atoms with van der Waals surface area (Å²) in [7, 11) is 0. The summed E-state index contributed by atoms with van der Waals surface area (Å²) in [6.07, 6.45) is -6.83. The van der Waals surface area contributed by atoms with E-state index >= 15 is 0 Å². The van der Waals surface area contributed by atoms with Gasteiger partial charge in [0.1, 0.15) is 0 Å². The molecule has 0 heterocycles. The number of Topliss-reactive ketones (excluding diaryl/α,β-unsaturated/α-hetero) is 1. The fourth-order valence-corrected chi connectivity index (χ4v) is 1.05. The van der Waals surface area contributed by atoms with E-state index in [1.165, 1.54) is 5.32 Å². The third kappa shape index (κ3) is 3.41. The number of aliphatic hydroxyl groups is 1. The molecule has 0 spiro atoms. The van der Waals surface area contributed by atoms with Gasteiger partial charge in [-0.1, -0.05) is 0 Å². The molecule has 0 fully saturated rings. The van der Waals surface area contributed by atoms with Crippen LogP contribution < -0.4 is 5.32 Å². The van der Waals surface area contributed by atoms with Crippen LogP contribution in [0.3, 0.4) is 0 Å². The Morgan fingerprint density at radius 2 is 1.43 bits per heavy atom. The summed E-state index contributed by atoms with van der Waals surface area (Å²) in [5.41, 5.74) is -4.35. The largest absolute Gasteiger partial charge is 0.460 e. The standard InChI is InChI=1S/C9H9F8NO3/c1-6(10,5(21)18-2-3-19)4(20)7(11,12)8(13,14)9(15,16)17/h19H,2-3H2,1H3,(H,18,21). The van der Waals surface area contributed by atoms with Gasteiger partial charge in [-0.15, -0.1) is 0 Å². The van der Waals surface area contributed by atoms with Crippen molar-refractivity contribution in [3.05, 3.63) is 0 Å². The second-order valence-electron chi connectivity index (χ2n) is 3.96. The molecule has 12 heteroatoms. The molecule has 0 radical (unpaired) electrons. The molecule has 21 heavy (non-hydrogen) atoms. The van der Waals surface area contributed by atoms with Crippen molar-refractivity contribution in [1.29, 1.82) is 0 Å². The summed E-state index contributed by atoms with van der Waals surface area (Å²) < 4.78 is 100. The number of hydrogen-bond donors (Lipinski definition) is 2. The van der Waals surface area contributed by atoms with Crippen molar-refractivity contribution in [1.82, 2.24) is 5.32 Å². The molecule has 1 amide bonds. The van der Waals surface area contributed by atoms with Crippen LogP contribution in [-0.2, 0) is 9.59 Å². The molecule has 0 aromatic rings. The maximum absolute atomic E-state index is 13.6. The van der Waals surface area contributed by atoms with Crippen molar-refractivity contribution >= 4 is 11.7 Å². The minimum atomic E-state index is -6.86. The number of ketones is 1. The van der Waals surface area contributed by atoms with Gasteiger partial charge in [-0.25, -0.2) is 4.39 Å². The molecule has 0 aliphatic carbocycles. The second kappa shape index (κ2) is 5.73. The Bertz CT molecular complexity index is 418. The average Bonchev–Trinajstić information content (AvgIpc) is 2.32. The lowest BCUT2D eigenvalue weighted by atomic mass is 9.92. The van der Waals surface area contributed by atoms with Crippen LogP contribution in [0.4, 0.5) is 35.1 Å². The van der Waals surface area contributed by atoms with Gasteiger partial charge in [0.2, 0.25) is 5.67 Å². The van der Waals surface area contributed by atoms with Crippen molar-refractivity contribution in [2.75, 3.05) is 13.2 Å². The molecular formula is C9H9F8NO3. The maximum atomic E-state index is 13.6. The summed E-state index contributed by atoms with van der Waals surface area (Å²) in [4.78, 5) is 22.0. The Kier molecular flexibility index (Phi) is 5.34. The highest BCUT2D eigenvalue weighted by atomic mass is 19.4. The highest BCUT2D eigenvalue weighted by Gasteiger charge is 2.78. The lowest BCUT2D eigenvalue weighted by Crippen LogP contribution is -2.63. The maximum Gasteiger partial charge on any atom is 0.460 e. The predicted molar refractivity (Wildman–Crippen MR) is 50.6 cm³/mol. The Hall–Kier alpha value is -1.46. The van der Waals surface area contributed by atoms with Gasteiger partial charge in [0.05, 0.1) is 6.61 Å². The Morgan fingerprint density at radius 3 is 1.76 bits per heavy atom. The normalized spacial score (nSPS) is 16.3. The number of alkyl halides is 8. The first-order chi connectivity index (χ1) is 9.14. The van der Waals surface area contributed by atoms with Crippen LogP contribution in [0.2, 0.25) is 0 Å². The quantitative estimate of drug-likeness (QED) is 0.568. The minimum absolute atomic E-state index is 0.192. The summed E-state index contributed by atoms with van der Waals surface area (Å²) in [5.74, 6) is -19.1. The molecule has 0 rings (SSSR count). The van der Waals surface area contributed by atoms with Crippen LogP contribution in [-0.4, -0.2) is 53.6 Å². The van der Waals surface area contributed by atoms with Gasteiger partial charge < -0.3 is 10.4 Å². The first-order valence-electron chi connectivity index (χ1n) is 5.09. The van der Waals surface area contributed by atoms with E-state index in [2.05, 4.69) is 0 Å². The number of carbonyl (C=O) groups is 2. The molecule has 0 aliphatic rings. The van der Waals surface area contributed by atoms with Gasteiger partial charge in [-0.3, -0.25) is 9.59 Å². The van der Waals surface area contributed by atoms with Crippen LogP contribution >= 0.6 is 0 Å². The number of nitrogens with one attached hydrogen (secondary N) is 1. The number of amides is 1. The van der Waals surface area contributed by atoms with E-state index in [4.69, 9.17) is 5.11 Å². The lowest BCUT2D eigenvalue weighted by Gasteiger charge is -2.30. The summed E-state index contributed by atoms with van der Waals surface area (Å²) >= 11 is 0. The fourth-order valence-electron chi connectivity index (χ4n) is 1.05. The van der Waals surface area contributed by atoms with Crippen LogP contribution in [0.5, 0.6) is 0 Å². The first-order valence-corrected chi connectivity index (χ1v) is 5.09. The van der Waals surface area contributed by atoms with Crippen molar-refractivity contribution < 1.29 is 49.8 Å². The molecule has 0 saturated heterocycles. The van der Waals surface area contributed by atoms with Crippen LogP contribution in [0.15, 0.2) is 0 Å². The molecular weight excluding hydrogens is 322 g/mol. The van der Waals surface area contributed by atoms with E-state index in [1.54, 1.807) is 0 Å². The van der Waals surface area contributed by atoms with Gasteiger partial charge >= 0.3 is 18.0 Å². The molecule has 4 nitrogen and oxygen atoms in total. The van der Waals surface area contributed by atoms with Gasteiger partial charge in [0.15, 0.2) is 0 Å². The van der Waals surface area contributed by atoms with Crippen LogP contribution in [0.1, 0.15) is 6.92 Å². The van der Waals surface area contributed by atoms with Crippen molar-refractivity contribution in [3.8, 4) is 0 Å². The SMILES string of the molecule is CC(F)(C(=O)NCCO)C(=O)C(F)(F)C(F)(F)C(F)(F)F. The van der Waals surface area contributed by atoms with Crippen LogP contribution in [0, 0.1) is 0 Å². The Morgan fingerprint density at radius 1 is 1.00 bits per heavy atom. The van der Waals surface area contributed by atoms with E-state index in [-0.39, 0.29) is 6.92 Å². The highest BCUT2D eigenvalue weighted by Crippen LogP contribution is 2.48. The lowest BCUT2D eigenvalue weighted by molar-refractivity contribution is -0.344. The first kappa shape index (κ1) is 19.5. The van der Waals surface area contributed by atoms with Gasteiger partial charge in [-0.2, -0.15) is 30.7 Å². The Labute approximate surface area is 112 Å². The zero-order valence-electron chi connectivity index (χ0n) is 10.2. The summed E-state index contributed by atoms with van der Waals surface area (Å²) in [6, 6.07) is 0. The summed E-state index contributed by atoms with van der Waals surface area (Å²) in [6.45, 7) is -1.74. The third-order valence-electron chi connectivity index (χ3n) is 2.29. The minimum Gasteiger partial charge on any atom is -0.395 e. The third-order valence-corrected chi connectivity index (χ3v) is 2.29. The average molecular weight is 331 g/mol. The van der Waals surface area contributed by atoms with E-state index in [0.29, 0.717) is 0 Å². The van der Waals surface area contributed by atoms with Crippen molar-refractivity contribution in [2.24, 2.45) is 0 Å². The second-order valence-corrected chi connectivity index (χ2v) is 3.96. The number of carbonyl (C=O) groups excluding carboxylic acids is 2. The van der Waals surface area contributed by atoms with E-state index in [0.717, 1.165) is 0 Å². The molecule has 0 bridgehead atoms. The number of aliphatic hydroxyl groups excluding tert-OH is 1. The van der Waals surface area contributed by atoms with E-state index < -0.39 is 48.5 Å². The molecule has 0 aliphatic heterocycles. The summed E-state index contributed by atoms with van der Waals surface area (Å²) in [5, 5.41) is 9.65. The topological polar surface area (TPSA) is 66.4 Å². The molecule has 1 unspecified atom stereocenters. The fraction of sp³-hybridized carbons (Fsp3) is 0.778. The molecule has 0 aromatic carbocycles.